The van der Waals surface area contributed by atoms with Crippen LogP contribution in [-0.2, 0) is 35.0 Å². The molecule has 0 heterocycles. The first-order valence-electron chi connectivity index (χ1n) is 13.5. The van der Waals surface area contributed by atoms with Gasteiger partial charge in [0.2, 0.25) is 0 Å². The largest absolute Gasteiger partial charge is 0.514 e. The summed E-state index contributed by atoms with van der Waals surface area (Å²) >= 11 is 0. The second-order valence-electron chi connectivity index (χ2n) is 11.0. The summed E-state index contributed by atoms with van der Waals surface area (Å²) < 4.78 is 31.6. The highest BCUT2D eigenvalue weighted by atomic mass is 16.8. The Morgan fingerprint density at radius 1 is 0.875 bits per heavy atom. The summed E-state index contributed by atoms with van der Waals surface area (Å²) in [6.07, 6.45) is -0.412. The Balaban J connectivity index is 3.11. The lowest BCUT2D eigenvalue weighted by Gasteiger charge is -2.24. The SMILES string of the molecule is CCC(C)(C)OC(=O)Oc1ccc(C[C@H](NCCOC(=O)CC(C)C)C(=O)OC)cc1OC(=O)OC(C)(C)CC. The van der Waals surface area contributed by atoms with E-state index in [9.17, 15) is 19.2 Å². The fraction of sp³-hybridized carbons (Fsp3) is 0.655. The zero-order valence-electron chi connectivity index (χ0n) is 25.2. The van der Waals surface area contributed by atoms with Gasteiger partial charge in [-0.15, -0.1) is 0 Å². The van der Waals surface area contributed by atoms with Crippen LogP contribution >= 0.6 is 0 Å². The third-order valence-corrected chi connectivity index (χ3v) is 6.07. The van der Waals surface area contributed by atoms with Gasteiger partial charge in [-0.2, -0.15) is 0 Å². The first-order valence-corrected chi connectivity index (χ1v) is 13.5. The maximum absolute atomic E-state index is 12.5. The zero-order chi connectivity index (χ0) is 30.5. The Labute approximate surface area is 237 Å². The Morgan fingerprint density at radius 2 is 1.43 bits per heavy atom. The maximum atomic E-state index is 12.5. The first kappa shape index (κ1) is 34.7. The quantitative estimate of drug-likeness (QED) is 0.127. The molecule has 0 fully saturated rings. The third-order valence-electron chi connectivity index (χ3n) is 6.07. The molecule has 0 saturated heterocycles. The fourth-order valence-electron chi connectivity index (χ4n) is 3.07. The molecule has 0 unspecified atom stereocenters. The van der Waals surface area contributed by atoms with Crippen LogP contribution in [-0.4, -0.2) is 61.8 Å². The molecule has 0 radical (unpaired) electrons. The molecule has 226 valence electrons. The second kappa shape index (κ2) is 16.1. The fourth-order valence-corrected chi connectivity index (χ4v) is 3.07. The first-order chi connectivity index (χ1) is 18.6. The number of ether oxygens (including phenoxy) is 6. The van der Waals surface area contributed by atoms with Crippen molar-refractivity contribution in [2.45, 2.75) is 98.3 Å². The topological polar surface area (TPSA) is 136 Å². The van der Waals surface area contributed by atoms with E-state index in [-0.39, 0.29) is 43.0 Å². The van der Waals surface area contributed by atoms with Gasteiger partial charge >= 0.3 is 24.2 Å². The molecule has 0 amide bonds. The van der Waals surface area contributed by atoms with E-state index in [4.69, 9.17) is 28.4 Å². The van der Waals surface area contributed by atoms with Gasteiger partial charge in [0.15, 0.2) is 11.5 Å². The van der Waals surface area contributed by atoms with Crippen molar-refractivity contribution in [3.8, 4) is 11.5 Å². The number of nitrogens with one attached hydrogen (secondary N) is 1. The molecule has 11 nitrogen and oxygen atoms in total. The molecule has 0 aliphatic heterocycles. The normalized spacial score (nSPS) is 12.3. The van der Waals surface area contributed by atoms with Crippen molar-refractivity contribution in [3.05, 3.63) is 23.8 Å². The third kappa shape index (κ3) is 13.1. The van der Waals surface area contributed by atoms with E-state index in [0.29, 0.717) is 24.8 Å². The molecule has 1 atom stereocenters. The van der Waals surface area contributed by atoms with E-state index in [1.807, 2.05) is 27.7 Å². The number of benzene rings is 1. The second-order valence-corrected chi connectivity index (χ2v) is 11.0. The van der Waals surface area contributed by atoms with Crippen molar-refractivity contribution in [2.24, 2.45) is 5.92 Å². The van der Waals surface area contributed by atoms with Gasteiger partial charge in [0.25, 0.3) is 0 Å². The van der Waals surface area contributed by atoms with E-state index in [1.54, 1.807) is 33.8 Å². The Kier molecular flexibility index (Phi) is 13.9. The van der Waals surface area contributed by atoms with Crippen molar-refractivity contribution >= 4 is 24.2 Å². The van der Waals surface area contributed by atoms with Crippen molar-refractivity contribution in [3.63, 3.8) is 0 Å². The zero-order valence-corrected chi connectivity index (χ0v) is 25.2. The van der Waals surface area contributed by atoms with E-state index >= 15 is 0 Å². The van der Waals surface area contributed by atoms with Gasteiger partial charge in [-0.05, 0) is 70.6 Å². The number of methoxy groups -OCH3 is 1. The van der Waals surface area contributed by atoms with Crippen LogP contribution in [0.3, 0.4) is 0 Å². The minimum Gasteiger partial charge on any atom is -0.468 e. The average Bonchev–Trinajstić information content (AvgIpc) is 2.85. The van der Waals surface area contributed by atoms with Crippen molar-refractivity contribution in [1.29, 1.82) is 0 Å². The maximum Gasteiger partial charge on any atom is 0.514 e. The number of hydrogen-bond acceptors (Lipinski definition) is 11. The lowest BCUT2D eigenvalue weighted by Crippen LogP contribution is -2.41. The van der Waals surface area contributed by atoms with Crippen molar-refractivity contribution < 1.29 is 47.6 Å². The van der Waals surface area contributed by atoms with E-state index < -0.39 is 35.5 Å². The van der Waals surface area contributed by atoms with Gasteiger partial charge < -0.3 is 33.7 Å². The lowest BCUT2D eigenvalue weighted by molar-refractivity contribution is -0.144. The standard InChI is InChI=1S/C29H45NO10/c1-10-28(5,6)39-26(33)37-22-13-12-20(18-23(22)38-27(34)40-29(7,8)11-2)17-21(25(32)35-9)30-14-15-36-24(31)16-19(3)4/h12-13,18-19,21,30H,10-11,14-17H2,1-9H3/t21-/m0/s1. The highest BCUT2D eigenvalue weighted by Gasteiger charge is 2.27. The Bertz CT molecular complexity index is 1000. The monoisotopic (exact) mass is 567 g/mol. The van der Waals surface area contributed by atoms with Gasteiger partial charge in [-0.3, -0.25) is 9.59 Å². The summed E-state index contributed by atoms with van der Waals surface area (Å²) in [5, 5.41) is 3.02. The Hall–Kier alpha value is -3.34. The van der Waals surface area contributed by atoms with Crippen LogP contribution in [0.5, 0.6) is 11.5 Å². The predicted molar refractivity (Wildman–Crippen MR) is 147 cm³/mol. The number of carbonyl (C=O) groups is 4. The molecule has 1 aromatic rings. The summed E-state index contributed by atoms with van der Waals surface area (Å²) in [7, 11) is 1.26. The molecule has 11 heteroatoms. The summed E-state index contributed by atoms with van der Waals surface area (Å²) in [6.45, 7) is 14.8. The van der Waals surface area contributed by atoms with Crippen LogP contribution < -0.4 is 14.8 Å². The molecule has 0 saturated carbocycles. The van der Waals surface area contributed by atoms with E-state index in [0.717, 1.165) is 0 Å². The van der Waals surface area contributed by atoms with Gasteiger partial charge in [-0.25, -0.2) is 9.59 Å². The van der Waals surface area contributed by atoms with Gasteiger partial charge in [0.05, 0.1) is 7.11 Å². The summed E-state index contributed by atoms with van der Waals surface area (Å²) in [5.74, 6) is -0.830. The van der Waals surface area contributed by atoms with Crippen LogP contribution in [0.1, 0.15) is 80.2 Å². The van der Waals surface area contributed by atoms with Crippen molar-refractivity contribution in [1.82, 2.24) is 5.32 Å². The van der Waals surface area contributed by atoms with Gasteiger partial charge in [0.1, 0.15) is 23.9 Å². The van der Waals surface area contributed by atoms with Crippen LogP contribution in [0.15, 0.2) is 18.2 Å². The molecule has 1 aromatic carbocycles. The molecule has 40 heavy (non-hydrogen) atoms. The number of rotatable bonds is 15. The van der Waals surface area contributed by atoms with Gasteiger partial charge in [0, 0.05) is 13.0 Å². The van der Waals surface area contributed by atoms with Crippen molar-refractivity contribution in [2.75, 3.05) is 20.3 Å². The highest BCUT2D eigenvalue weighted by Crippen LogP contribution is 2.31. The summed E-state index contributed by atoms with van der Waals surface area (Å²) in [5.41, 5.74) is -0.977. The number of hydrogen-bond donors (Lipinski definition) is 1. The highest BCUT2D eigenvalue weighted by molar-refractivity contribution is 5.76. The summed E-state index contributed by atoms with van der Waals surface area (Å²) in [4.78, 5) is 49.2. The Morgan fingerprint density at radius 3 is 1.93 bits per heavy atom. The summed E-state index contributed by atoms with van der Waals surface area (Å²) in [6, 6.07) is 3.72. The molecule has 0 aliphatic carbocycles. The lowest BCUT2D eigenvalue weighted by atomic mass is 10.1. The molecule has 1 N–H and O–H groups in total. The molecular weight excluding hydrogens is 522 g/mol. The molecular formula is C29H45NO10. The molecule has 0 spiro atoms. The van der Waals surface area contributed by atoms with Crippen LogP contribution in [0, 0.1) is 5.92 Å². The average molecular weight is 568 g/mol. The minimum absolute atomic E-state index is 0.0634. The molecule has 0 aromatic heterocycles. The van der Waals surface area contributed by atoms with Gasteiger partial charge in [-0.1, -0.05) is 33.8 Å². The molecule has 1 rings (SSSR count). The smallest absolute Gasteiger partial charge is 0.468 e. The van der Waals surface area contributed by atoms with Crippen LogP contribution in [0.25, 0.3) is 0 Å². The number of esters is 2. The van der Waals surface area contributed by atoms with Crippen LogP contribution in [0.4, 0.5) is 9.59 Å². The number of carbonyl (C=O) groups excluding carboxylic acids is 4. The van der Waals surface area contributed by atoms with E-state index in [2.05, 4.69) is 5.32 Å². The molecule has 0 aliphatic rings. The predicted octanol–water partition coefficient (Wildman–Crippen LogP) is 5.36. The minimum atomic E-state index is -0.984. The van der Waals surface area contributed by atoms with Crippen LogP contribution in [0.2, 0.25) is 0 Å². The molecule has 0 bridgehead atoms. The van der Waals surface area contributed by atoms with E-state index in [1.165, 1.54) is 19.2 Å².